The molecule has 1 aromatic carbocycles. The Balaban J connectivity index is 2.27. The number of benzene rings is 1. The molecule has 2 unspecified atom stereocenters. The zero-order chi connectivity index (χ0) is 15.4. The lowest BCUT2D eigenvalue weighted by Gasteiger charge is -2.28. The van der Waals surface area contributed by atoms with Gasteiger partial charge in [-0.05, 0) is 44.4 Å². The Kier molecular flexibility index (Phi) is 4.98. The molecular formula is C17H20FNO2. The van der Waals surface area contributed by atoms with Crippen LogP contribution in [0.2, 0.25) is 0 Å². The van der Waals surface area contributed by atoms with Crippen molar-refractivity contribution in [3.8, 4) is 11.8 Å². The Morgan fingerprint density at radius 3 is 2.86 bits per heavy atom. The highest BCUT2D eigenvalue weighted by Gasteiger charge is 2.34. The van der Waals surface area contributed by atoms with E-state index in [0.29, 0.717) is 5.56 Å². The van der Waals surface area contributed by atoms with Crippen LogP contribution in [-0.4, -0.2) is 34.6 Å². The maximum atomic E-state index is 14.2. The first kappa shape index (κ1) is 15.5. The van der Waals surface area contributed by atoms with Gasteiger partial charge >= 0.3 is 0 Å². The van der Waals surface area contributed by atoms with Crippen molar-refractivity contribution in [3.63, 3.8) is 0 Å². The van der Waals surface area contributed by atoms with Crippen LogP contribution in [0.15, 0.2) is 18.2 Å². The smallest absolute Gasteiger partial charge is 0.257 e. The highest BCUT2D eigenvalue weighted by Crippen LogP contribution is 2.28. The topological polar surface area (TPSA) is 40.5 Å². The van der Waals surface area contributed by atoms with Crippen LogP contribution in [0.3, 0.4) is 0 Å². The third kappa shape index (κ3) is 3.25. The predicted octanol–water partition coefficient (Wildman–Crippen LogP) is 2.57. The van der Waals surface area contributed by atoms with E-state index in [-0.39, 0.29) is 30.2 Å². The van der Waals surface area contributed by atoms with Crippen LogP contribution in [0.4, 0.5) is 4.39 Å². The molecule has 2 atom stereocenters. The van der Waals surface area contributed by atoms with E-state index in [2.05, 4.69) is 11.8 Å². The van der Waals surface area contributed by atoms with E-state index in [4.69, 9.17) is 5.11 Å². The van der Waals surface area contributed by atoms with Gasteiger partial charge in [0.05, 0.1) is 5.56 Å². The van der Waals surface area contributed by atoms with Gasteiger partial charge in [-0.2, -0.15) is 0 Å². The normalized spacial score (nSPS) is 21.0. The Morgan fingerprint density at radius 2 is 2.24 bits per heavy atom. The number of rotatable bonds is 2. The van der Waals surface area contributed by atoms with Crippen molar-refractivity contribution < 1.29 is 14.3 Å². The van der Waals surface area contributed by atoms with E-state index in [1.807, 2.05) is 13.8 Å². The number of carbonyl (C=O) groups excluding carboxylic acids is 1. The maximum absolute atomic E-state index is 14.2. The van der Waals surface area contributed by atoms with Gasteiger partial charge in [0, 0.05) is 17.6 Å². The summed E-state index contributed by atoms with van der Waals surface area (Å²) >= 11 is 0. The number of aliphatic hydroxyl groups is 1. The van der Waals surface area contributed by atoms with Crippen molar-refractivity contribution in [2.24, 2.45) is 0 Å². The van der Waals surface area contributed by atoms with Gasteiger partial charge in [0.15, 0.2) is 0 Å². The molecule has 0 spiro atoms. The predicted molar refractivity (Wildman–Crippen MR) is 79.3 cm³/mol. The fraction of sp³-hybridized carbons (Fsp3) is 0.471. The molecule has 112 valence electrons. The van der Waals surface area contributed by atoms with Crippen LogP contribution in [0.25, 0.3) is 0 Å². The fourth-order valence-electron chi connectivity index (χ4n) is 2.89. The standard InChI is InChI=1S/C17H20FNO2/c1-3-14-8-6-12(2)19(14)17(21)15-9-7-13(5-4-10-20)11-16(15)18/h7,9,11-12,14,20H,3,6,8,10H2,1-2H3. The van der Waals surface area contributed by atoms with Crippen LogP contribution in [0.5, 0.6) is 0 Å². The second-order valence-corrected chi connectivity index (χ2v) is 5.36. The van der Waals surface area contributed by atoms with Crippen LogP contribution in [0, 0.1) is 17.7 Å². The van der Waals surface area contributed by atoms with Gasteiger partial charge < -0.3 is 10.0 Å². The number of carbonyl (C=O) groups is 1. The zero-order valence-corrected chi connectivity index (χ0v) is 12.4. The molecule has 1 aromatic rings. The summed E-state index contributed by atoms with van der Waals surface area (Å²) in [6.07, 6.45) is 2.83. The van der Waals surface area contributed by atoms with Crippen molar-refractivity contribution in [1.82, 2.24) is 4.90 Å². The average Bonchev–Trinajstić information content (AvgIpc) is 2.85. The van der Waals surface area contributed by atoms with E-state index in [9.17, 15) is 9.18 Å². The number of amides is 1. The lowest BCUT2D eigenvalue weighted by molar-refractivity contribution is 0.0671. The number of halogens is 1. The molecule has 0 aromatic heterocycles. The summed E-state index contributed by atoms with van der Waals surface area (Å²) in [6.45, 7) is 3.78. The summed E-state index contributed by atoms with van der Waals surface area (Å²) in [7, 11) is 0. The van der Waals surface area contributed by atoms with Crippen LogP contribution < -0.4 is 0 Å². The summed E-state index contributed by atoms with van der Waals surface area (Å²) in [5.74, 6) is 4.30. The highest BCUT2D eigenvalue weighted by molar-refractivity contribution is 5.95. The van der Waals surface area contributed by atoms with E-state index in [0.717, 1.165) is 19.3 Å². The molecular weight excluding hydrogens is 269 g/mol. The third-order valence-electron chi connectivity index (χ3n) is 4.00. The lowest BCUT2D eigenvalue weighted by Crippen LogP contribution is -2.40. The van der Waals surface area contributed by atoms with Gasteiger partial charge in [-0.15, -0.1) is 0 Å². The second-order valence-electron chi connectivity index (χ2n) is 5.36. The van der Waals surface area contributed by atoms with Crippen LogP contribution in [-0.2, 0) is 0 Å². The SMILES string of the molecule is CCC1CCC(C)N1C(=O)c1ccc(C#CCO)cc1F. The van der Waals surface area contributed by atoms with E-state index >= 15 is 0 Å². The molecule has 0 saturated carbocycles. The molecule has 1 fully saturated rings. The Morgan fingerprint density at radius 1 is 1.48 bits per heavy atom. The zero-order valence-electron chi connectivity index (χ0n) is 12.4. The van der Waals surface area contributed by atoms with Crippen molar-refractivity contribution in [2.45, 2.75) is 45.2 Å². The molecule has 1 amide bonds. The molecule has 1 aliphatic rings. The molecule has 3 nitrogen and oxygen atoms in total. The van der Waals surface area contributed by atoms with Crippen LogP contribution in [0.1, 0.15) is 49.0 Å². The second kappa shape index (κ2) is 6.73. The Labute approximate surface area is 124 Å². The lowest BCUT2D eigenvalue weighted by atomic mass is 10.1. The molecule has 1 saturated heterocycles. The van der Waals surface area contributed by atoms with Gasteiger partial charge in [-0.25, -0.2) is 4.39 Å². The van der Waals surface area contributed by atoms with Gasteiger partial charge in [0.25, 0.3) is 5.91 Å². The first-order valence-electron chi connectivity index (χ1n) is 7.30. The molecule has 4 heteroatoms. The Bertz CT molecular complexity index is 588. The number of aliphatic hydroxyl groups excluding tert-OH is 1. The monoisotopic (exact) mass is 289 g/mol. The first-order valence-corrected chi connectivity index (χ1v) is 7.30. The average molecular weight is 289 g/mol. The molecule has 21 heavy (non-hydrogen) atoms. The van der Waals surface area contributed by atoms with Gasteiger partial charge in [-0.3, -0.25) is 4.79 Å². The largest absolute Gasteiger partial charge is 0.384 e. The molecule has 0 bridgehead atoms. The van der Waals surface area contributed by atoms with Gasteiger partial charge in [0.2, 0.25) is 0 Å². The number of nitrogens with zero attached hydrogens (tertiary/aromatic N) is 1. The minimum atomic E-state index is -0.557. The molecule has 2 rings (SSSR count). The van der Waals surface area contributed by atoms with Crippen molar-refractivity contribution in [3.05, 3.63) is 35.1 Å². The van der Waals surface area contributed by atoms with E-state index in [1.165, 1.54) is 12.1 Å². The highest BCUT2D eigenvalue weighted by atomic mass is 19.1. The minimum Gasteiger partial charge on any atom is -0.384 e. The van der Waals surface area contributed by atoms with Crippen molar-refractivity contribution in [2.75, 3.05) is 6.61 Å². The van der Waals surface area contributed by atoms with Crippen LogP contribution >= 0.6 is 0 Å². The molecule has 1 heterocycles. The van der Waals surface area contributed by atoms with E-state index < -0.39 is 5.82 Å². The summed E-state index contributed by atoms with van der Waals surface area (Å²) < 4.78 is 14.2. The van der Waals surface area contributed by atoms with Gasteiger partial charge in [-0.1, -0.05) is 18.8 Å². The first-order chi connectivity index (χ1) is 10.1. The molecule has 1 N–H and O–H groups in total. The van der Waals surface area contributed by atoms with E-state index in [1.54, 1.807) is 11.0 Å². The minimum absolute atomic E-state index is 0.0942. The number of hydrogen-bond acceptors (Lipinski definition) is 2. The van der Waals surface area contributed by atoms with Gasteiger partial charge in [0.1, 0.15) is 12.4 Å². The molecule has 0 radical (unpaired) electrons. The Hall–Kier alpha value is -1.86. The summed E-state index contributed by atoms with van der Waals surface area (Å²) in [4.78, 5) is 14.4. The maximum Gasteiger partial charge on any atom is 0.257 e. The third-order valence-corrected chi connectivity index (χ3v) is 4.00. The van der Waals surface area contributed by atoms with Crippen molar-refractivity contribution >= 4 is 5.91 Å². The summed E-state index contributed by atoms with van der Waals surface area (Å²) in [5.41, 5.74) is 0.552. The summed E-state index contributed by atoms with van der Waals surface area (Å²) in [6, 6.07) is 4.69. The number of hydrogen-bond donors (Lipinski definition) is 1. The molecule has 1 aliphatic heterocycles. The summed E-state index contributed by atoms with van der Waals surface area (Å²) in [5, 5.41) is 8.64. The fourth-order valence-corrected chi connectivity index (χ4v) is 2.89. The van der Waals surface area contributed by atoms with Crippen molar-refractivity contribution in [1.29, 1.82) is 0 Å². The number of likely N-dealkylation sites (tertiary alicyclic amines) is 1. The molecule has 0 aliphatic carbocycles. The quantitative estimate of drug-likeness (QED) is 0.850.